The Kier molecular flexibility index (Phi) is 11.1. The molecule has 172 valence electrons. The van der Waals surface area contributed by atoms with E-state index in [1.165, 1.54) is 29.8 Å². The van der Waals surface area contributed by atoms with Gasteiger partial charge in [-0.05, 0) is 37.0 Å². The average molecular weight is 442 g/mol. The van der Waals surface area contributed by atoms with Crippen LogP contribution in [0.15, 0.2) is 67.3 Å². The standard InChI is InChI=1S/C25H31NO6/c1-3-9-24(32-25(27)21-14-16-22(17-15-21)26(28)29)18-23(31-19-30-2)13-8-7-12-20-10-5-4-6-11-20/h3-6,10-11,14-17,23-24H,1,7-9,12-13,18-19H2,2H3/t23-,24+/m1/s1. The van der Waals surface area contributed by atoms with Crippen LogP contribution in [0.1, 0.15) is 48.0 Å². The first-order valence-electron chi connectivity index (χ1n) is 10.7. The van der Waals surface area contributed by atoms with Gasteiger partial charge in [-0.15, -0.1) is 6.58 Å². The number of non-ortho nitro benzene ring substituents is 1. The molecule has 7 nitrogen and oxygen atoms in total. The molecule has 0 bridgehead atoms. The van der Waals surface area contributed by atoms with Gasteiger partial charge in [-0.1, -0.05) is 42.8 Å². The van der Waals surface area contributed by atoms with Crippen molar-refractivity contribution in [3.8, 4) is 0 Å². The molecular formula is C25H31NO6. The molecule has 2 aromatic carbocycles. The number of carbonyl (C=O) groups excluding carboxylic acids is 1. The number of ether oxygens (including phenoxy) is 3. The van der Waals surface area contributed by atoms with E-state index in [0.29, 0.717) is 12.8 Å². The number of methoxy groups -OCH3 is 1. The van der Waals surface area contributed by atoms with E-state index >= 15 is 0 Å². The van der Waals surface area contributed by atoms with Crippen LogP contribution in [0.25, 0.3) is 0 Å². The van der Waals surface area contributed by atoms with E-state index in [2.05, 4.69) is 18.7 Å². The van der Waals surface area contributed by atoms with Gasteiger partial charge in [-0.2, -0.15) is 0 Å². The molecule has 2 rings (SSSR count). The Morgan fingerprint density at radius 2 is 1.81 bits per heavy atom. The molecule has 0 saturated carbocycles. The summed E-state index contributed by atoms with van der Waals surface area (Å²) in [5, 5.41) is 10.8. The van der Waals surface area contributed by atoms with Crippen LogP contribution in [0, 0.1) is 10.1 Å². The summed E-state index contributed by atoms with van der Waals surface area (Å²) in [5.41, 5.74) is 1.50. The smallest absolute Gasteiger partial charge is 0.338 e. The largest absolute Gasteiger partial charge is 0.458 e. The topological polar surface area (TPSA) is 87.9 Å². The first-order chi connectivity index (χ1) is 15.5. The summed E-state index contributed by atoms with van der Waals surface area (Å²) < 4.78 is 16.6. The zero-order chi connectivity index (χ0) is 23.2. The maximum Gasteiger partial charge on any atom is 0.338 e. The Morgan fingerprint density at radius 1 is 1.09 bits per heavy atom. The van der Waals surface area contributed by atoms with Crippen molar-refractivity contribution in [3.05, 3.63) is 88.5 Å². The molecule has 0 aliphatic carbocycles. The summed E-state index contributed by atoms with van der Waals surface area (Å²) in [7, 11) is 1.57. The lowest BCUT2D eigenvalue weighted by Crippen LogP contribution is -2.26. The molecule has 0 radical (unpaired) electrons. The Balaban J connectivity index is 1.91. The van der Waals surface area contributed by atoms with Crippen LogP contribution in [0.2, 0.25) is 0 Å². The molecule has 0 spiro atoms. The number of nitrogens with zero attached hydrogens (tertiary/aromatic N) is 1. The molecule has 0 unspecified atom stereocenters. The third kappa shape index (κ3) is 8.99. The van der Waals surface area contributed by atoms with Gasteiger partial charge in [0.05, 0.1) is 16.6 Å². The first kappa shape index (κ1) is 25.2. The normalized spacial score (nSPS) is 12.7. The summed E-state index contributed by atoms with van der Waals surface area (Å²) in [4.78, 5) is 22.8. The van der Waals surface area contributed by atoms with Crippen LogP contribution < -0.4 is 0 Å². The number of benzene rings is 2. The molecule has 32 heavy (non-hydrogen) atoms. The minimum atomic E-state index is -0.527. The molecule has 0 aromatic heterocycles. The number of nitro groups is 1. The number of aryl methyl sites for hydroxylation is 1. The van der Waals surface area contributed by atoms with Crippen LogP contribution in [-0.4, -0.2) is 37.0 Å². The van der Waals surface area contributed by atoms with E-state index in [1.807, 2.05) is 18.2 Å². The highest BCUT2D eigenvalue weighted by atomic mass is 16.7. The molecule has 0 fully saturated rings. The molecular weight excluding hydrogens is 410 g/mol. The maximum atomic E-state index is 12.5. The summed E-state index contributed by atoms with van der Waals surface area (Å²) in [6, 6.07) is 15.7. The molecule has 2 aromatic rings. The Hall–Kier alpha value is -3.03. The van der Waals surface area contributed by atoms with Gasteiger partial charge in [0.2, 0.25) is 0 Å². The van der Waals surface area contributed by atoms with Crippen LogP contribution in [0.4, 0.5) is 5.69 Å². The van der Waals surface area contributed by atoms with Crippen molar-refractivity contribution in [2.45, 2.75) is 50.7 Å². The molecule has 0 heterocycles. The van der Waals surface area contributed by atoms with Crippen molar-refractivity contribution in [3.63, 3.8) is 0 Å². The number of unbranched alkanes of at least 4 members (excludes halogenated alkanes) is 1. The number of nitro benzene ring substituents is 1. The predicted molar refractivity (Wildman–Crippen MR) is 122 cm³/mol. The monoisotopic (exact) mass is 441 g/mol. The van der Waals surface area contributed by atoms with Crippen LogP contribution in [0.5, 0.6) is 0 Å². The highest BCUT2D eigenvalue weighted by Gasteiger charge is 2.21. The average Bonchev–Trinajstić information content (AvgIpc) is 2.80. The van der Waals surface area contributed by atoms with Gasteiger partial charge in [0.25, 0.3) is 5.69 Å². The minimum Gasteiger partial charge on any atom is -0.458 e. The van der Waals surface area contributed by atoms with Gasteiger partial charge in [-0.25, -0.2) is 4.79 Å². The molecule has 0 saturated heterocycles. The lowest BCUT2D eigenvalue weighted by atomic mass is 10.0. The zero-order valence-electron chi connectivity index (χ0n) is 18.5. The third-order valence-electron chi connectivity index (χ3n) is 5.05. The van der Waals surface area contributed by atoms with Crippen molar-refractivity contribution < 1.29 is 23.9 Å². The summed E-state index contributed by atoms with van der Waals surface area (Å²) in [6.45, 7) is 3.93. The second kappa shape index (κ2) is 14.1. The molecule has 0 N–H and O–H groups in total. The summed E-state index contributed by atoms with van der Waals surface area (Å²) in [5.74, 6) is -0.527. The van der Waals surface area contributed by atoms with Gasteiger partial charge in [0, 0.05) is 32.1 Å². The fraction of sp³-hybridized carbons (Fsp3) is 0.400. The van der Waals surface area contributed by atoms with E-state index in [4.69, 9.17) is 14.2 Å². The Morgan fingerprint density at radius 3 is 2.44 bits per heavy atom. The molecule has 0 aliphatic heterocycles. The SMILES string of the molecule is C=CC[C@@H](C[C@@H](CCCCc1ccccc1)OCOC)OC(=O)c1ccc([N+](=O)[O-])cc1. The third-order valence-corrected chi connectivity index (χ3v) is 5.05. The predicted octanol–water partition coefficient (Wildman–Crippen LogP) is 5.49. The van der Waals surface area contributed by atoms with Gasteiger partial charge in [-0.3, -0.25) is 10.1 Å². The fourth-order valence-electron chi connectivity index (χ4n) is 3.39. The van der Waals surface area contributed by atoms with Gasteiger partial charge in [0.15, 0.2) is 0 Å². The Bertz CT molecular complexity index is 837. The van der Waals surface area contributed by atoms with Crippen LogP contribution in [0.3, 0.4) is 0 Å². The van der Waals surface area contributed by atoms with Crippen molar-refractivity contribution in [1.29, 1.82) is 0 Å². The van der Waals surface area contributed by atoms with E-state index in [1.54, 1.807) is 13.2 Å². The highest BCUT2D eigenvalue weighted by molar-refractivity contribution is 5.89. The molecule has 0 aliphatic rings. The fourth-order valence-corrected chi connectivity index (χ4v) is 3.39. The van der Waals surface area contributed by atoms with Crippen LogP contribution in [-0.2, 0) is 20.6 Å². The van der Waals surface area contributed by atoms with E-state index in [0.717, 1.165) is 25.7 Å². The van der Waals surface area contributed by atoms with Gasteiger partial charge < -0.3 is 14.2 Å². The van der Waals surface area contributed by atoms with Crippen molar-refractivity contribution in [2.24, 2.45) is 0 Å². The van der Waals surface area contributed by atoms with Gasteiger partial charge in [0.1, 0.15) is 12.9 Å². The molecule has 0 amide bonds. The first-order valence-corrected chi connectivity index (χ1v) is 10.7. The van der Waals surface area contributed by atoms with E-state index < -0.39 is 17.0 Å². The van der Waals surface area contributed by atoms with Crippen molar-refractivity contribution >= 4 is 11.7 Å². The summed E-state index contributed by atoms with van der Waals surface area (Å²) in [6.07, 6.45) is 5.99. The second-order valence-electron chi connectivity index (χ2n) is 7.52. The Labute approximate surface area is 189 Å². The quantitative estimate of drug-likeness (QED) is 0.0907. The minimum absolute atomic E-state index is 0.0762. The number of hydrogen-bond acceptors (Lipinski definition) is 6. The van der Waals surface area contributed by atoms with Gasteiger partial charge >= 0.3 is 5.97 Å². The lowest BCUT2D eigenvalue weighted by molar-refractivity contribution is -0.384. The number of carbonyl (C=O) groups is 1. The van der Waals surface area contributed by atoms with Crippen molar-refractivity contribution in [1.82, 2.24) is 0 Å². The maximum absolute atomic E-state index is 12.5. The highest BCUT2D eigenvalue weighted by Crippen LogP contribution is 2.20. The number of esters is 1. The van der Waals surface area contributed by atoms with E-state index in [9.17, 15) is 14.9 Å². The van der Waals surface area contributed by atoms with Crippen molar-refractivity contribution in [2.75, 3.05) is 13.9 Å². The number of rotatable bonds is 15. The second-order valence-corrected chi connectivity index (χ2v) is 7.52. The lowest BCUT2D eigenvalue weighted by Gasteiger charge is -2.23. The number of hydrogen-bond donors (Lipinski definition) is 0. The van der Waals surface area contributed by atoms with Crippen LogP contribution >= 0.6 is 0 Å². The summed E-state index contributed by atoms with van der Waals surface area (Å²) >= 11 is 0. The van der Waals surface area contributed by atoms with E-state index in [-0.39, 0.29) is 24.1 Å². The zero-order valence-corrected chi connectivity index (χ0v) is 18.5. The molecule has 2 atom stereocenters. The molecule has 7 heteroatoms.